The van der Waals surface area contributed by atoms with Crippen molar-refractivity contribution in [2.75, 3.05) is 0 Å². The van der Waals surface area contributed by atoms with Crippen molar-refractivity contribution in [1.29, 1.82) is 0 Å². The van der Waals surface area contributed by atoms with Gasteiger partial charge in [0.05, 0.1) is 0 Å². The van der Waals surface area contributed by atoms with Crippen molar-refractivity contribution in [2.45, 2.75) is 33.0 Å². The average molecular weight is 183 g/mol. The fourth-order valence-corrected chi connectivity index (χ4v) is 1.16. The van der Waals surface area contributed by atoms with E-state index in [0.717, 1.165) is 10.1 Å². The van der Waals surface area contributed by atoms with E-state index in [1.807, 2.05) is 13.8 Å². The lowest BCUT2D eigenvalue weighted by Crippen LogP contribution is -2.20. The molecule has 0 spiro atoms. The number of rotatable bonds is 2. The normalized spacial score (nSPS) is 13.3. The number of pyridine rings is 1. The smallest absolute Gasteiger partial charge is 0.253 e. The van der Waals surface area contributed by atoms with Gasteiger partial charge >= 0.3 is 0 Å². The summed E-state index contributed by atoms with van der Waals surface area (Å²) in [6, 6.07) is 3.27. The maximum absolute atomic E-state index is 12.8. The maximum Gasteiger partial charge on any atom is 0.253 e. The Morgan fingerprint density at radius 3 is 2.38 bits per heavy atom. The summed E-state index contributed by atoms with van der Waals surface area (Å²) in [5.41, 5.74) is 0.670. The average Bonchev–Trinajstić information content (AvgIpc) is 2.03. The van der Waals surface area contributed by atoms with Crippen LogP contribution in [0, 0.1) is 0 Å². The minimum absolute atomic E-state index is 0.277. The summed E-state index contributed by atoms with van der Waals surface area (Å²) in [4.78, 5) is 11.3. The summed E-state index contributed by atoms with van der Waals surface area (Å²) < 4.78 is 13.9. The summed E-state index contributed by atoms with van der Waals surface area (Å²) in [5.74, 6) is 0.303. The highest BCUT2D eigenvalue weighted by atomic mass is 19.1. The van der Waals surface area contributed by atoms with E-state index in [1.54, 1.807) is 6.07 Å². The fourth-order valence-electron chi connectivity index (χ4n) is 1.16. The molecule has 2 nitrogen and oxygen atoms in total. The Morgan fingerprint density at radius 1 is 1.38 bits per heavy atom. The molecule has 1 heterocycles. The predicted molar refractivity (Wildman–Crippen MR) is 50.6 cm³/mol. The first kappa shape index (κ1) is 9.96. The first-order chi connectivity index (χ1) is 6.02. The molecule has 0 aliphatic rings. The van der Waals surface area contributed by atoms with E-state index < -0.39 is 6.30 Å². The van der Waals surface area contributed by atoms with Crippen LogP contribution in [0.5, 0.6) is 0 Å². The van der Waals surface area contributed by atoms with E-state index in [-0.39, 0.29) is 5.56 Å². The van der Waals surface area contributed by atoms with Crippen LogP contribution in [0.3, 0.4) is 0 Å². The van der Waals surface area contributed by atoms with E-state index in [4.69, 9.17) is 0 Å². The summed E-state index contributed by atoms with van der Waals surface area (Å²) in [5, 5.41) is 0. The number of hydrogen-bond donors (Lipinski definition) is 0. The molecule has 1 rings (SSSR count). The first-order valence-electron chi connectivity index (χ1n) is 4.38. The van der Waals surface area contributed by atoms with Gasteiger partial charge in [-0.15, -0.1) is 0 Å². The van der Waals surface area contributed by atoms with Crippen molar-refractivity contribution in [3.05, 3.63) is 34.2 Å². The Kier molecular flexibility index (Phi) is 2.86. The molecular formula is C10H14FNO. The molecular weight excluding hydrogens is 169 g/mol. The highest BCUT2D eigenvalue weighted by Crippen LogP contribution is 2.12. The highest BCUT2D eigenvalue weighted by molar-refractivity contribution is 5.14. The Bertz CT molecular complexity index is 341. The predicted octanol–water partition coefficient (Wildman–Crippen LogP) is 2.46. The first-order valence-corrected chi connectivity index (χ1v) is 4.38. The lowest BCUT2D eigenvalue weighted by Gasteiger charge is -2.09. The molecule has 0 fully saturated rings. The molecule has 0 radical (unpaired) electrons. The van der Waals surface area contributed by atoms with Crippen molar-refractivity contribution in [3.63, 3.8) is 0 Å². The molecule has 0 amide bonds. The minimum atomic E-state index is -1.26. The van der Waals surface area contributed by atoms with Crippen LogP contribution in [0.1, 0.15) is 38.5 Å². The standard InChI is InChI=1S/C10H14FNO/c1-7(2)9-4-5-12(8(3)11)10(13)6-9/h4-8H,1-3H3. The number of nitrogens with zero attached hydrogens (tertiary/aromatic N) is 1. The summed E-state index contributed by atoms with van der Waals surface area (Å²) in [7, 11) is 0. The van der Waals surface area contributed by atoms with Crippen LogP contribution >= 0.6 is 0 Å². The third-order valence-electron chi connectivity index (χ3n) is 2.02. The summed E-state index contributed by atoms with van der Waals surface area (Å²) in [6.07, 6.45) is 0.246. The van der Waals surface area contributed by atoms with Gasteiger partial charge in [-0.2, -0.15) is 0 Å². The van der Waals surface area contributed by atoms with Crippen molar-refractivity contribution in [1.82, 2.24) is 4.57 Å². The monoisotopic (exact) mass is 183 g/mol. The number of alkyl halides is 1. The van der Waals surface area contributed by atoms with Crippen LogP contribution in [0.25, 0.3) is 0 Å². The molecule has 0 saturated heterocycles. The van der Waals surface area contributed by atoms with Gasteiger partial charge in [0.1, 0.15) is 0 Å². The quantitative estimate of drug-likeness (QED) is 0.690. The zero-order chi connectivity index (χ0) is 10.0. The molecule has 0 bridgehead atoms. The van der Waals surface area contributed by atoms with Gasteiger partial charge in [-0.1, -0.05) is 13.8 Å². The number of aromatic nitrogens is 1. The Morgan fingerprint density at radius 2 is 2.00 bits per heavy atom. The molecule has 0 aliphatic heterocycles. The molecule has 1 unspecified atom stereocenters. The molecule has 0 aliphatic carbocycles. The highest BCUT2D eigenvalue weighted by Gasteiger charge is 2.05. The largest absolute Gasteiger partial charge is 0.284 e. The SMILES string of the molecule is CC(C)c1ccn(C(C)F)c(=O)c1. The van der Waals surface area contributed by atoms with E-state index >= 15 is 0 Å². The van der Waals surface area contributed by atoms with Gasteiger partial charge in [0.25, 0.3) is 5.56 Å². The Hall–Kier alpha value is -1.12. The third-order valence-corrected chi connectivity index (χ3v) is 2.02. The second-order valence-electron chi connectivity index (χ2n) is 3.43. The third kappa shape index (κ3) is 2.17. The molecule has 1 atom stereocenters. The number of halogens is 1. The minimum Gasteiger partial charge on any atom is -0.284 e. The lowest BCUT2D eigenvalue weighted by atomic mass is 10.1. The van der Waals surface area contributed by atoms with Gasteiger partial charge in [-0.3, -0.25) is 9.36 Å². The van der Waals surface area contributed by atoms with Crippen LogP contribution < -0.4 is 5.56 Å². The van der Waals surface area contributed by atoms with Gasteiger partial charge in [0.15, 0.2) is 6.30 Å². The molecule has 0 aromatic carbocycles. The van der Waals surface area contributed by atoms with Crippen molar-refractivity contribution >= 4 is 0 Å². The van der Waals surface area contributed by atoms with Crippen LogP contribution in [0.15, 0.2) is 23.1 Å². The zero-order valence-electron chi connectivity index (χ0n) is 8.12. The van der Waals surface area contributed by atoms with E-state index in [9.17, 15) is 9.18 Å². The van der Waals surface area contributed by atoms with E-state index in [1.165, 1.54) is 19.2 Å². The molecule has 1 aromatic rings. The summed E-state index contributed by atoms with van der Waals surface area (Å²) in [6.45, 7) is 5.34. The lowest BCUT2D eigenvalue weighted by molar-refractivity contribution is 0.261. The van der Waals surface area contributed by atoms with Gasteiger partial charge in [-0.05, 0) is 24.5 Å². The van der Waals surface area contributed by atoms with Crippen molar-refractivity contribution in [3.8, 4) is 0 Å². The maximum atomic E-state index is 12.8. The molecule has 13 heavy (non-hydrogen) atoms. The zero-order valence-corrected chi connectivity index (χ0v) is 8.12. The van der Waals surface area contributed by atoms with Crippen LogP contribution in [-0.4, -0.2) is 4.57 Å². The summed E-state index contributed by atoms with van der Waals surface area (Å²) >= 11 is 0. The topological polar surface area (TPSA) is 22.0 Å². The Labute approximate surface area is 77.0 Å². The number of hydrogen-bond acceptors (Lipinski definition) is 1. The van der Waals surface area contributed by atoms with Gasteiger partial charge in [0.2, 0.25) is 0 Å². The van der Waals surface area contributed by atoms with Crippen molar-refractivity contribution < 1.29 is 4.39 Å². The second-order valence-corrected chi connectivity index (χ2v) is 3.43. The van der Waals surface area contributed by atoms with Gasteiger partial charge in [0, 0.05) is 12.3 Å². The van der Waals surface area contributed by atoms with E-state index in [0.29, 0.717) is 5.92 Å². The molecule has 3 heteroatoms. The van der Waals surface area contributed by atoms with Gasteiger partial charge in [-0.25, -0.2) is 4.39 Å². The second kappa shape index (κ2) is 3.73. The van der Waals surface area contributed by atoms with Crippen molar-refractivity contribution in [2.24, 2.45) is 0 Å². The molecule has 1 aromatic heterocycles. The van der Waals surface area contributed by atoms with E-state index in [2.05, 4.69) is 0 Å². The fraction of sp³-hybridized carbons (Fsp3) is 0.500. The van der Waals surface area contributed by atoms with Gasteiger partial charge < -0.3 is 0 Å². The molecule has 0 N–H and O–H groups in total. The molecule has 0 saturated carbocycles. The van der Waals surface area contributed by atoms with Crippen LogP contribution in [0.2, 0.25) is 0 Å². The van der Waals surface area contributed by atoms with Crippen LogP contribution in [0.4, 0.5) is 4.39 Å². The molecule has 72 valence electrons. The Balaban J connectivity index is 3.14. The van der Waals surface area contributed by atoms with Crippen LogP contribution in [-0.2, 0) is 0 Å².